The quantitative estimate of drug-likeness (QED) is 0.0690. The van der Waals surface area contributed by atoms with E-state index in [2.05, 4.69) is 13.8 Å². The lowest BCUT2D eigenvalue weighted by atomic mass is 10.0. The number of hydrogen-bond acceptors (Lipinski definition) is 1. The second-order valence-electron chi connectivity index (χ2n) is 15.0. The second kappa shape index (κ2) is 40.0. The van der Waals surface area contributed by atoms with Crippen LogP contribution in [0.1, 0.15) is 258 Å². The molecule has 0 aromatic carbocycles. The molecule has 0 heterocycles. The van der Waals surface area contributed by atoms with E-state index in [0.717, 1.165) is 12.3 Å². The minimum absolute atomic E-state index is 0.375. The van der Waals surface area contributed by atoms with Crippen LogP contribution in [-0.2, 0) is 0 Å². The third-order valence-electron chi connectivity index (χ3n) is 9.94. The zero-order valence-corrected chi connectivity index (χ0v) is 30.6. The normalized spacial score (nSPS) is 11.7. The number of hydrogen-bond donors (Lipinski definition) is 1. The van der Waals surface area contributed by atoms with Gasteiger partial charge in [-0.2, -0.15) is 0 Å². The van der Waals surface area contributed by atoms with Gasteiger partial charge in [0.15, 0.2) is 0 Å². The molecule has 0 aliphatic heterocycles. The van der Waals surface area contributed by atoms with Crippen molar-refractivity contribution >= 4 is 0 Å². The van der Waals surface area contributed by atoms with Crippen LogP contribution >= 0.6 is 0 Å². The van der Waals surface area contributed by atoms with Crippen molar-refractivity contribution < 1.29 is 5.11 Å². The smallest absolute Gasteiger partial charge is 0.0431 e. The summed E-state index contributed by atoms with van der Waals surface area (Å²) in [5, 5.41) is 8.80. The summed E-state index contributed by atoms with van der Waals surface area (Å²) in [5.74, 6) is 0.894. The molecule has 260 valence electrons. The number of aliphatic hydroxyl groups excluding tert-OH is 1. The van der Waals surface area contributed by atoms with Crippen molar-refractivity contribution in [2.24, 2.45) is 5.92 Å². The highest BCUT2D eigenvalue weighted by molar-refractivity contribution is 4.54. The lowest BCUT2D eigenvalue weighted by Gasteiger charge is -2.05. The molecule has 0 fully saturated rings. The van der Waals surface area contributed by atoms with Crippen LogP contribution in [0.25, 0.3) is 0 Å². The zero-order chi connectivity index (χ0) is 31.2. The molecular formula is C42H86O. The maximum absolute atomic E-state index is 8.80. The zero-order valence-electron chi connectivity index (χ0n) is 30.6. The monoisotopic (exact) mass is 607 g/mol. The summed E-state index contributed by atoms with van der Waals surface area (Å²) in [7, 11) is 0. The minimum Gasteiger partial charge on any atom is -0.396 e. The maximum atomic E-state index is 8.80. The number of aliphatic hydroxyl groups is 1. The number of unbranched alkanes of at least 4 members (excludes halogenated alkanes) is 36. The van der Waals surface area contributed by atoms with E-state index in [-0.39, 0.29) is 0 Å². The molecular weight excluding hydrogens is 520 g/mol. The van der Waals surface area contributed by atoms with Gasteiger partial charge in [-0.25, -0.2) is 0 Å². The van der Waals surface area contributed by atoms with Crippen LogP contribution in [0.5, 0.6) is 0 Å². The van der Waals surface area contributed by atoms with Crippen LogP contribution in [-0.4, -0.2) is 11.7 Å². The highest BCUT2D eigenvalue weighted by Crippen LogP contribution is 2.17. The molecule has 1 heteroatoms. The molecule has 1 nitrogen and oxygen atoms in total. The third-order valence-corrected chi connectivity index (χ3v) is 9.94. The van der Waals surface area contributed by atoms with E-state index in [4.69, 9.17) is 5.11 Å². The van der Waals surface area contributed by atoms with Gasteiger partial charge in [0.1, 0.15) is 0 Å². The molecule has 0 unspecified atom stereocenters. The number of rotatable bonds is 39. The Morgan fingerprint density at radius 1 is 0.233 bits per heavy atom. The molecule has 0 bridgehead atoms. The van der Waals surface area contributed by atoms with Gasteiger partial charge in [-0.3, -0.25) is 0 Å². The Morgan fingerprint density at radius 3 is 0.512 bits per heavy atom. The molecule has 0 aromatic rings. The Hall–Kier alpha value is -0.0400. The van der Waals surface area contributed by atoms with Crippen molar-refractivity contribution in [3.05, 3.63) is 0 Å². The summed E-state index contributed by atoms with van der Waals surface area (Å²) in [4.78, 5) is 0. The molecule has 43 heavy (non-hydrogen) atoms. The summed E-state index contributed by atoms with van der Waals surface area (Å²) in [5.41, 5.74) is 0. The predicted molar refractivity (Wildman–Crippen MR) is 197 cm³/mol. The highest BCUT2D eigenvalue weighted by atomic mass is 16.2. The first kappa shape index (κ1) is 43.0. The third kappa shape index (κ3) is 42.0. The van der Waals surface area contributed by atoms with Crippen molar-refractivity contribution in [2.75, 3.05) is 6.61 Å². The summed E-state index contributed by atoms with van der Waals surface area (Å²) in [6.07, 6.45) is 55.1. The van der Waals surface area contributed by atoms with Crippen molar-refractivity contribution in [1.82, 2.24) is 0 Å². The van der Waals surface area contributed by atoms with E-state index in [0.29, 0.717) is 6.61 Å². The first-order chi connectivity index (χ1) is 21.3. The SMILES string of the molecule is CC(C)CCCCCCCCCCCCCCCCCCCCCCCCCCCCCCCCCCCCCCCO. The van der Waals surface area contributed by atoms with E-state index in [1.165, 1.54) is 238 Å². The lowest BCUT2D eigenvalue weighted by Crippen LogP contribution is -1.87. The molecule has 0 saturated carbocycles. The fraction of sp³-hybridized carbons (Fsp3) is 1.00. The van der Waals surface area contributed by atoms with E-state index < -0.39 is 0 Å². The molecule has 0 saturated heterocycles. The molecule has 0 rings (SSSR count). The largest absolute Gasteiger partial charge is 0.396 e. The van der Waals surface area contributed by atoms with Gasteiger partial charge in [-0.05, 0) is 12.3 Å². The molecule has 0 aliphatic rings. The van der Waals surface area contributed by atoms with Crippen LogP contribution < -0.4 is 0 Å². The van der Waals surface area contributed by atoms with Crippen LogP contribution in [0.2, 0.25) is 0 Å². The fourth-order valence-corrected chi connectivity index (χ4v) is 6.85. The topological polar surface area (TPSA) is 20.2 Å². The first-order valence-corrected chi connectivity index (χ1v) is 20.9. The predicted octanol–water partition coefficient (Wildman–Crippen LogP) is 15.5. The van der Waals surface area contributed by atoms with Gasteiger partial charge in [0, 0.05) is 6.61 Å². The first-order valence-electron chi connectivity index (χ1n) is 20.9. The van der Waals surface area contributed by atoms with Gasteiger partial charge < -0.3 is 5.11 Å². The fourth-order valence-electron chi connectivity index (χ4n) is 6.85. The van der Waals surface area contributed by atoms with Crippen LogP contribution in [0.3, 0.4) is 0 Å². The Balaban J connectivity index is 3.03. The lowest BCUT2D eigenvalue weighted by molar-refractivity contribution is 0.282. The molecule has 0 spiro atoms. The standard InChI is InChI=1S/C42H86O/c1-42(2)40-38-36-34-32-30-28-26-24-22-20-18-16-14-12-10-8-6-4-3-5-7-9-11-13-15-17-19-21-23-25-27-29-31-33-35-37-39-41-43/h42-43H,3-41H2,1-2H3. The summed E-state index contributed by atoms with van der Waals surface area (Å²) in [6.45, 7) is 5.07. The van der Waals surface area contributed by atoms with Crippen molar-refractivity contribution in [3.63, 3.8) is 0 Å². The Labute approximate surface area is 274 Å². The Bertz CT molecular complexity index is 458. The molecule has 0 atom stereocenters. The van der Waals surface area contributed by atoms with Crippen molar-refractivity contribution in [2.45, 2.75) is 258 Å². The van der Waals surface area contributed by atoms with Gasteiger partial charge in [0.25, 0.3) is 0 Å². The maximum Gasteiger partial charge on any atom is 0.0431 e. The molecule has 0 amide bonds. The van der Waals surface area contributed by atoms with E-state index in [1.54, 1.807) is 0 Å². The van der Waals surface area contributed by atoms with Crippen LogP contribution in [0.15, 0.2) is 0 Å². The summed E-state index contributed by atoms with van der Waals surface area (Å²) >= 11 is 0. The van der Waals surface area contributed by atoms with Gasteiger partial charge >= 0.3 is 0 Å². The Kier molecular flexibility index (Phi) is 39.9. The van der Waals surface area contributed by atoms with Crippen molar-refractivity contribution in [3.8, 4) is 0 Å². The van der Waals surface area contributed by atoms with E-state index in [9.17, 15) is 0 Å². The molecule has 0 radical (unpaired) electrons. The molecule has 0 aromatic heterocycles. The van der Waals surface area contributed by atoms with Crippen LogP contribution in [0, 0.1) is 5.92 Å². The van der Waals surface area contributed by atoms with Gasteiger partial charge in [-0.15, -0.1) is 0 Å². The summed E-state index contributed by atoms with van der Waals surface area (Å²) < 4.78 is 0. The average molecular weight is 607 g/mol. The van der Waals surface area contributed by atoms with E-state index in [1.807, 2.05) is 0 Å². The average Bonchev–Trinajstić information content (AvgIpc) is 3.00. The molecule has 1 N–H and O–H groups in total. The minimum atomic E-state index is 0.375. The van der Waals surface area contributed by atoms with Crippen LogP contribution in [0.4, 0.5) is 0 Å². The second-order valence-corrected chi connectivity index (χ2v) is 15.0. The van der Waals surface area contributed by atoms with Crippen molar-refractivity contribution in [1.29, 1.82) is 0 Å². The molecule has 0 aliphatic carbocycles. The Morgan fingerprint density at radius 2 is 0.372 bits per heavy atom. The summed E-state index contributed by atoms with van der Waals surface area (Å²) in [6, 6.07) is 0. The van der Waals surface area contributed by atoms with E-state index >= 15 is 0 Å². The van der Waals surface area contributed by atoms with Gasteiger partial charge in [-0.1, -0.05) is 251 Å². The highest BCUT2D eigenvalue weighted by Gasteiger charge is 1.98. The van der Waals surface area contributed by atoms with Gasteiger partial charge in [0.2, 0.25) is 0 Å². The van der Waals surface area contributed by atoms with Gasteiger partial charge in [0.05, 0.1) is 0 Å².